The molecule has 0 heterocycles. The Labute approximate surface area is 227 Å². The van der Waals surface area contributed by atoms with Gasteiger partial charge in [0, 0.05) is 27.0 Å². The summed E-state index contributed by atoms with van der Waals surface area (Å²) in [4.78, 5) is 44.3. The maximum Gasteiger partial charge on any atom is 0.426 e. The van der Waals surface area contributed by atoms with Crippen LogP contribution in [0.25, 0.3) is 0 Å². The van der Waals surface area contributed by atoms with Gasteiger partial charge in [0.2, 0.25) is 0 Å². The minimum Gasteiger partial charge on any atom is -0.444 e. The number of hydrogen-bond acceptors (Lipinski definition) is 7. The molecular weight excluding hydrogens is 607 g/mol. The number of nitro groups is 1. The molecule has 3 N–H and O–H groups in total. The number of amides is 3. The molecular formula is C23H28ClIN4O7. The van der Waals surface area contributed by atoms with Crippen molar-refractivity contribution in [2.45, 2.75) is 52.7 Å². The van der Waals surface area contributed by atoms with Crippen molar-refractivity contribution in [3.05, 3.63) is 66.7 Å². The van der Waals surface area contributed by atoms with Crippen molar-refractivity contribution in [1.82, 2.24) is 10.9 Å². The molecule has 13 heteroatoms. The average molecular weight is 635 g/mol. The van der Waals surface area contributed by atoms with Gasteiger partial charge < -0.3 is 9.47 Å². The van der Waals surface area contributed by atoms with Crippen LogP contribution in [-0.2, 0) is 9.47 Å². The van der Waals surface area contributed by atoms with Gasteiger partial charge in [-0.3, -0.25) is 25.7 Å². The van der Waals surface area contributed by atoms with Gasteiger partial charge in [-0.2, -0.15) is 0 Å². The lowest BCUT2D eigenvalue weighted by molar-refractivity contribution is -0.384. The molecule has 0 aliphatic rings. The van der Waals surface area contributed by atoms with Crippen LogP contribution < -0.4 is 16.2 Å². The Morgan fingerprint density at radius 1 is 0.889 bits per heavy atom. The molecule has 0 atom stereocenters. The Balaban J connectivity index is 0.000000369. The Morgan fingerprint density at radius 2 is 1.42 bits per heavy atom. The molecule has 2 aromatic carbocycles. The highest BCUT2D eigenvalue weighted by atomic mass is 127. The number of carbonyl (C=O) groups is 3. The molecule has 0 unspecified atom stereocenters. The zero-order valence-corrected chi connectivity index (χ0v) is 23.5. The number of hydrogen-bond donors (Lipinski definition) is 3. The molecule has 196 valence electrons. The molecule has 0 aromatic heterocycles. The van der Waals surface area contributed by atoms with E-state index in [1.807, 2.05) is 26.8 Å². The first-order valence-electron chi connectivity index (χ1n) is 10.5. The molecule has 2 aromatic rings. The first-order chi connectivity index (χ1) is 16.5. The summed E-state index contributed by atoms with van der Waals surface area (Å²) in [5.41, 5.74) is 3.71. The third kappa shape index (κ3) is 12.5. The van der Waals surface area contributed by atoms with E-state index in [2.05, 4.69) is 38.8 Å². The molecule has 2 rings (SSSR count). The van der Waals surface area contributed by atoms with Crippen LogP contribution >= 0.6 is 34.2 Å². The molecule has 0 fully saturated rings. The van der Waals surface area contributed by atoms with Gasteiger partial charge in [-0.05, 0) is 94.5 Å². The number of ether oxygens (including phenoxy) is 2. The predicted molar refractivity (Wildman–Crippen MR) is 144 cm³/mol. The molecule has 0 aliphatic carbocycles. The van der Waals surface area contributed by atoms with E-state index in [9.17, 15) is 24.5 Å². The number of carbonyl (C=O) groups excluding carboxylic acids is 3. The Kier molecular flexibility index (Phi) is 11.4. The summed E-state index contributed by atoms with van der Waals surface area (Å²) in [6.07, 6.45) is -1.28. The van der Waals surface area contributed by atoms with Gasteiger partial charge in [-0.15, -0.1) is 0 Å². The fraction of sp³-hybridized carbons (Fsp3) is 0.348. The standard InChI is InChI=1S/C12H15N3O5.C11H13ClINO2/c1-12(2,3)20-11(17)14-13-10(16)8-4-6-9(7-5-8)15(18)19;1-11(2,3)16-10(15)14-7-4-5-9(13)8(12)6-7/h4-7H,1-3H3,(H,13,16)(H,14,17);4-6H,1-3H3,(H,14,15). The number of hydrazine groups is 1. The van der Waals surface area contributed by atoms with Gasteiger partial charge in [0.25, 0.3) is 11.6 Å². The Hall–Kier alpha value is -3.13. The minimum atomic E-state index is -0.798. The van der Waals surface area contributed by atoms with Crippen molar-refractivity contribution in [2.24, 2.45) is 0 Å². The lowest BCUT2D eigenvalue weighted by atomic mass is 10.2. The van der Waals surface area contributed by atoms with E-state index in [-0.39, 0.29) is 11.3 Å². The summed E-state index contributed by atoms with van der Waals surface area (Å²) in [5.74, 6) is -0.606. The average Bonchev–Trinajstić information content (AvgIpc) is 2.72. The number of nitrogens with zero attached hydrogens (tertiary/aromatic N) is 1. The van der Waals surface area contributed by atoms with Crippen LogP contribution in [0.3, 0.4) is 0 Å². The molecule has 3 amide bonds. The molecule has 0 spiro atoms. The number of anilines is 1. The lowest BCUT2D eigenvalue weighted by Crippen LogP contribution is -2.44. The smallest absolute Gasteiger partial charge is 0.426 e. The highest BCUT2D eigenvalue weighted by molar-refractivity contribution is 14.1. The number of halogens is 2. The van der Waals surface area contributed by atoms with Crippen LogP contribution in [0.5, 0.6) is 0 Å². The van der Waals surface area contributed by atoms with Crippen LogP contribution in [-0.4, -0.2) is 34.2 Å². The molecule has 0 bridgehead atoms. The van der Waals surface area contributed by atoms with Crippen LogP contribution in [0.4, 0.5) is 21.0 Å². The second kappa shape index (κ2) is 13.3. The maximum absolute atomic E-state index is 11.6. The molecule has 0 saturated heterocycles. The van der Waals surface area contributed by atoms with Crippen molar-refractivity contribution < 1.29 is 28.8 Å². The lowest BCUT2D eigenvalue weighted by Gasteiger charge is -2.19. The van der Waals surface area contributed by atoms with E-state index in [1.54, 1.807) is 32.9 Å². The SMILES string of the molecule is CC(C)(C)OC(=O)NNC(=O)c1ccc([N+](=O)[O-])cc1.CC(C)(C)OC(=O)Nc1ccc(I)c(Cl)c1. The maximum atomic E-state index is 11.6. The summed E-state index contributed by atoms with van der Waals surface area (Å²) in [5, 5.41) is 13.7. The summed E-state index contributed by atoms with van der Waals surface area (Å²) in [6, 6.07) is 10.2. The van der Waals surface area contributed by atoms with Crippen molar-refractivity contribution in [3.8, 4) is 0 Å². The van der Waals surface area contributed by atoms with E-state index in [4.69, 9.17) is 21.1 Å². The topological polar surface area (TPSA) is 149 Å². The van der Waals surface area contributed by atoms with Crippen molar-refractivity contribution in [2.75, 3.05) is 5.32 Å². The molecule has 0 radical (unpaired) electrons. The molecule has 11 nitrogen and oxygen atoms in total. The zero-order chi connectivity index (χ0) is 27.7. The van der Waals surface area contributed by atoms with Crippen molar-refractivity contribution in [3.63, 3.8) is 0 Å². The fourth-order valence-electron chi connectivity index (χ4n) is 2.21. The summed E-state index contributed by atoms with van der Waals surface area (Å²) in [7, 11) is 0. The predicted octanol–water partition coefficient (Wildman–Crippen LogP) is 6.06. The van der Waals surface area contributed by atoms with Crippen LogP contribution in [0.1, 0.15) is 51.9 Å². The number of nitro benzene ring substituents is 1. The molecule has 0 saturated carbocycles. The van der Waals surface area contributed by atoms with Gasteiger partial charge in [0.1, 0.15) is 11.2 Å². The van der Waals surface area contributed by atoms with Crippen LogP contribution in [0.2, 0.25) is 5.02 Å². The van der Waals surface area contributed by atoms with Crippen LogP contribution in [0.15, 0.2) is 42.5 Å². The van der Waals surface area contributed by atoms with Gasteiger partial charge in [0.05, 0.1) is 9.95 Å². The Bertz CT molecular complexity index is 1100. The fourth-order valence-corrected chi connectivity index (χ4v) is 2.73. The summed E-state index contributed by atoms with van der Waals surface area (Å²) < 4.78 is 11.0. The quantitative estimate of drug-likeness (QED) is 0.211. The van der Waals surface area contributed by atoms with E-state index < -0.39 is 34.2 Å². The molecule has 0 aliphatic heterocycles. The second-order valence-electron chi connectivity index (χ2n) is 9.14. The van der Waals surface area contributed by atoms with E-state index in [0.29, 0.717) is 10.7 Å². The second-order valence-corrected chi connectivity index (χ2v) is 10.7. The van der Waals surface area contributed by atoms with E-state index in [0.717, 1.165) is 3.57 Å². The first-order valence-corrected chi connectivity index (χ1v) is 11.9. The third-order valence-corrected chi connectivity index (χ3v) is 5.15. The highest BCUT2D eigenvalue weighted by Crippen LogP contribution is 2.22. The largest absolute Gasteiger partial charge is 0.444 e. The van der Waals surface area contributed by atoms with Gasteiger partial charge in [-0.25, -0.2) is 15.0 Å². The Morgan fingerprint density at radius 3 is 1.89 bits per heavy atom. The zero-order valence-electron chi connectivity index (χ0n) is 20.6. The summed E-state index contributed by atoms with van der Waals surface area (Å²) in [6.45, 7) is 10.5. The van der Waals surface area contributed by atoms with Crippen LogP contribution in [0, 0.1) is 13.7 Å². The normalized spacial score (nSPS) is 10.8. The first kappa shape index (κ1) is 30.9. The highest BCUT2D eigenvalue weighted by Gasteiger charge is 2.17. The number of nitrogens with one attached hydrogen (secondary N) is 3. The number of non-ortho nitro benzene ring substituents is 1. The van der Waals surface area contributed by atoms with Gasteiger partial charge >= 0.3 is 12.2 Å². The van der Waals surface area contributed by atoms with Crippen molar-refractivity contribution >= 4 is 63.7 Å². The minimum absolute atomic E-state index is 0.123. The van der Waals surface area contributed by atoms with Crippen molar-refractivity contribution in [1.29, 1.82) is 0 Å². The number of benzene rings is 2. The third-order valence-electron chi connectivity index (χ3n) is 3.58. The van der Waals surface area contributed by atoms with E-state index >= 15 is 0 Å². The monoisotopic (exact) mass is 634 g/mol. The molecule has 36 heavy (non-hydrogen) atoms. The van der Waals surface area contributed by atoms with Gasteiger partial charge in [-0.1, -0.05) is 11.6 Å². The van der Waals surface area contributed by atoms with Gasteiger partial charge in [0.15, 0.2) is 0 Å². The van der Waals surface area contributed by atoms with E-state index in [1.165, 1.54) is 24.3 Å². The summed E-state index contributed by atoms with van der Waals surface area (Å²) >= 11 is 8.05. The number of rotatable bonds is 3.